The first kappa shape index (κ1) is 39.0. The first-order chi connectivity index (χ1) is 26.9. The first-order valence-electron chi connectivity index (χ1n) is 18.3. The molecule has 0 aromatic heterocycles. The fourth-order valence-corrected chi connectivity index (χ4v) is 9.78. The quantitative estimate of drug-likeness (QED) is 0.0998. The third-order valence-corrected chi connectivity index (χ3v) is 12.3. The number of unbranched alkanes of at least 4 members (excludes halogenated alkanes) is 2. The standard InChI is InChI=1S/C41H41Cl2N3O10/c1-54-23-11-8-21(9-12-23)41-28(38(51)46(40(41)53)44-30-15-10-22(42)17-29(30)43)20-27-25(36(41)35-31(47)18-24(55-2)19-32(35)56-3)13-14-26-34(27)39(52)45(37(26)50)16-6-4-5-7-33(48)49/h8-13,15,17-19,26-28,34,36,44,47H,4-7,14,16,20H2,1-3H3,(H,48,49)/t26-,27+,28-,34-,36+,41+/m0/s1. The molecule has 4 aliphatic rings. The van der Waals surface area contributed by atoms with Crippen LogP contribution in [0, 0.1) is 23.7 Å². The zero-order chi connectivity index (χ0) is 40.1. The highest BCUT2D eigenvalue weighted by Gasteiger charge is 2.71. The van der Waals surface area contributed by atoms with Crippen LogP contribution in [0.3, 0.4) is 0 Å². The third-order valence-electron chi connectivity index (χ3n) is 11.8. The van der Waals surface area contributed by atoms with E-state index in [4.69, 9.17) is 42.5 Å². The Kier molecular flexibility index (Phi) is 10.7. The van der Waals surface area contributed by atoms with E-state index in [1.165, 1.54) is 38.4 Å². The number of hydrogen-bond donors (Lipinski definition) is 3. The van der Waals surface area contributed by atoms with E-state index >= 15 is 4.79 Å². The number of aliphatic carboxylic acids is 1. The number of anilines is 1. The average molecular weight is 807 g/mol. The van der Waals surface area contributed by atoms with Crippen LogP contribution in [-0.4, -0.2) is 77.6 Å². The van der Waals surface area contributed by atoms with Crippen LogP contribution in [0.4, 0.5) is 5.69 Å². The molecule has 6 atom stereocenters. The van der Waals surface area contributed by atoms with Crippen LogP contribution in [0.15, 0.2) is 66.2 Å². The molecule has 1 saturated carbocycles. The number of carbonyl (C=O) groups is 5. The number of likely N-dealkylation sites (tertiary alicyclic amines) is 1. The number of rotatable bonds is 13. The molecule has 0 unspecified atom stereocenters. The summed E-state index contributed by atoms with van der Waals surface area (Å²) < 4.78 is 16.8. The Labute approximate surface area is 333 Å². The Balaban J connectivity index is 1.41. The highest BCUT2D eigenvalue weighted by Crippen LogP contribution is 2.66. The summed E-state index contributed by atoms with van der Waals surface area (Å²) in [5, 5.41) is 22.4. The summed E-state index contributed by atoms with van der Waals surface area (Å²) in [6.45, 7) is 0.138. The zero-order valence-electron chi connectivity index (χ0n) is 30.9. The number of aromatic hydroxyl groups is 1. The molecule has 2 aliphatic carbocycles. The Morgan fingerprint density at radius 2 is 1.61 bits per heavy atom. The number of amides is 4. The van der Waals surface area contributed by atoms with Crippen LogP contribution in [0.25, 0.3) is 0 Å². The molecule has 13 nitrogen and oxygen atoms in total. The number of carboxylic acid groups (broad SMARTS) is 1. The molecule has 0 spiro atoms. The van der Waals surface area contributed by atoms with Crippen LogP contribution in [0.5, 0.6) is 23.0 Å². The van der Waals surface area contributed by atoms with Crippen molar-refractivity contribution in [1.82, 2.24) is 9.91 Å². The maximum absolute atomic E-state index is 15.5. The topological polar surface area (TPSA) is 172 Å². The van der Waals surface area contributed by atoms with Gasteiger partial charge in [-0.1, -0.05) is 53.4 Å². The number of nitrogens with one attached hydrogen (secondary N) is 1. The number of hydrazine groups is 1. The number of phenols is 1. The number of hydrogen-bond acceptors (Lipinski definition) is 10. The number of ether oxygens (including phenoxy) is 3. The summed E-state index contributed by atoms with van der Waals surface area (Å²) in [4.78, 5) is 71.1. The van der Waals surface area contributed by atoms with Crippen molar-refractivity contribution in [1.29, 1.82) is 0 Å². The fourth-order valence-electron chi connectivity index (χ4n) is 9.33. The lowest BCUT2D eigenvalue weighted by molar-refractivity contribution is -0.141. The van der Waals surface area contributed by atoms with Gasteiger partial charge in [0, 0.05) is 41.6 Å². The maximum Gasteiger partial charge on any atom is 0.303 e. The number of methoxy groups -OCH3 is 3. The van der Waals surface area contributed by atoms with Crippen LogP contribution >= 0.6 is 23.2 Å². The summed E-state index contributed by atoms with van der Waals surface area (Å²) in [6, 6.07) is 14.4. The highest BCUT2D eigenvalue weighted by atomic mass is 35.5. The lowest BCUT2D eigenvalue weighted by Crippen LogP contribution is -2.53. The van der Waals surface area contributed by atoms with Crippen molar-refractivity contribution >= 4 is 58.5 Å². The predicted molar refractivity (Wildman–Crippen MR) is 205 cm³/mol. The summed E-state index contributed by atoms with van der Waals surface area (Å²) >= 11 is 12.7. The van der Waals surface area contributed by atoms with Crippen LogP contribution in [0.2, 0.25) is 10.0 Å². The maximum atomic E-state index is 15.5. The number of fused-ring (bicyclic) bond motifs is 4. The van der Waals surface area contributed by atoms with E-state index in [9.17, 15) is 24.3 Å². The predicted octanol–water partition coefficient (Wildman–Crippen LogP) is 6.35. The number of carbonyl (C=O) groups excluding carboxylic acids is 4. The van der Waals surface area contributed by atoms with Gasteiger partial charge in [-0.15, -0.1) is 0 Å². The van der Waals surface area contributed by atoms with Gasteiger partial charge in [-0.3, -0.25) is 34.3 Å². The van der Waals surface area contributed by atoms with Gasteiger partial charge in [0.25, 0.3) is 11.8 Å². The fraction of sp³-hybridized carbons (Fsp3) is 0.390. The number of nitrogens with zero attached hydrogens (tertiary/aromatic N) is 2. The van der Waals surface area contributed by atoms with E-state index in [-0.39, 0.29) is 71.1 Å². The van der Waals surface area contributed by atoms with E-state index in [0.29, 0.717) is 41.2 Å². The van der Waals surface area contributed by atoms with Gasteiger partial charge in [0.1, 0.15) is 23.0 Å². The minimum absolute atomic E-state index is 0.00820. The Hall–Kier alpha value is -5.27. The first-order valence-corrected chi connectivity index (χ1v) is 19.1. The molecule has 56 heavy (non-hydrogen) atoms. The van der Waals surface area contributed by atoms with Gasteiger partial charge in [-0.2, -0.15) is 5.01 Å². The molecule has 294 valence electrons. The number of allylic oxidation sites excluding steroid dienone is 2. The van der Waals surface area contributed by atoms with Gasteiger partial charge in [-0.25, -0.2) is 0 Å². The average Bonchev–Trinajstić information content (AvgIpc) is 3.55. The molecule has 3 aromatic rings. The van der Waals surface area contributed by atoms with Gasteiger partial charge in [0.2, 0.25) is 11.8 Å². The van der Waals surface area contributed by atoms with Crippen LogP contribution in [0.1, 0.15) is 55.6 Å². The molecule has 2 saturated heterocycles. The monoisotopic (exact) mass is 805 g/mol. The molecule has 2 heterocycles. The molecule has 2 aliphatic heterocycles. The summed E-state index contributed by atoms with van der Waals surface area (Å²) in [5.41, 5.74) is 2.76. The second kappa shape index (κ2) is 15.3. The normalized spacial score (nSPS) is 25.4. The van der Waals surface area contributed by atoms with Crippen molar-refractivity contribution in [2.45, 2.75) is 49.9 Å². The van der Waals surface area contributed by atoms with Gasteiger partial charge in [-0.05, 0) is 67.5 Å². The lowest BCUT2D eigenvalue weighted by Gasteiger charge is -2.50. The number of benzene rings is 3. The Morgan fingerprint density at radius 1 is 0.875 bits per heavy atom. The smallest absolute Gasteiger partial charge is 0.303 e. The zero-order valence-corrected chi connectivity index (χ0v) is 32.4. The molecule has 4 amide bonds. The Morgan fingerprint density at radius 3 is 2.27 bits per heavy atom. The SMILES string of the molecule is COc1ccc([C@@]23C(=O)N(Nc4ccc(Cl)cc4Cl)C(=O)[C@@H]2C[C@@H]2C(=CC[C@@H]4C(=O)N(CCCCCC(=O)O)C(=O)[C@@H]42)[C@@H]3c2c(O)cc(OC)cc2OC)cc1. The molecule has 0 bridgehead atoms. The van der Waals surface area contributed by atoms with Crippen LogP contribution < -0.4 is 19.6 Å². The van der Waals surface area contributed by atoms with E-state index < -0.39 is 52.8 Å². The van der Waals surface area contributed by atoms with Crippen molar-refractivity contribution in [2.75, 3.05) is 33.3 Å². The summed E-state index contributed by atoms with van der Waals surface area (Å²) in [6.07, 6.45) is 3.46. The summed E-state index contributed by atoms with van der Waals surface area (Å²) in [7, 11) is 4.37. The summed E-state index contributed by atoms with van der Waals surface area (Å²) in [5.74, 6) is -6.57. The van der Waals surface area contributed by atoms with Gasteiger partial charge >= 0.3 is 5.97 Å². The molecule has 3 N–H and O–H groups in total. The second-order valence-corrected chi connectivity index (χ2v) is 15.4. The van der Waals surface area contributed by atoms with Crippen LogP contribution in [-0.2, 0) is 29.4 Å². The van der Waals surface area contributed by atoms with Gasteiger partial charge in [0.05, 0.1) is 55.2 Å². The molecule has 0 radical (unpaired) electrons. The lowest BCUT2D eigenvalue weighted by atomic mass is 9.49. The van der Waals surface area contributed by atoms with Gasteiger partial charge < -0.3 is 24.4 Å². The van der Waals surface area contributed by atoms with Crippen molar-refractivity contribution in [3.8, 4) is 23.0 Å². The van der Waals surface area contributed by atoms with E-state index in [0.717, 1.165) is 5.01 Å². The molecule has 3 fully saturated rings. The molecule has 3 aromatic carbocycles. The van der Waals surface area contributed by atoms with E-state index in [1.54, 1.807) is 42.5 Å². The highest BCUT2D eigenvalue weighted by molar-refractivity contribution is 6.36. The molecular weight excluding hydrogens is 765 g/mol. The molecule has 7 rings (SSSR count). The number of imide groups is 2. The minimum Gasteiger partial charge on any atom is -0.507 e. The number of carboxylic acids is 1. The number of halogens is 2. The van der Waals surface area contributed by atoms with E-state index in [1.807, 2.05) is 6.08 Å². The van der Waals surface area contributed by atoms with Crippen molar-refractivity contribution in [2.24, 2.45) is 23.7 Å². The minimum atomic E-state index is -1.72. The number of phenolic OH excluding ortho intramolecular Hbond substituents is 1. The van der Waals surface area contributed by atoms with Crippen molar-refractivity contribution in [3.05, 3.63) is 87.4 Å². The largest absolute Gasteiger partial charge is 0.507 e. The second-order valence-electron chi connectivity index (χ2n) is 14.5. The van der Waals surface area contributed by atoms with Crippen molar-refractivity contribution in [3.63, 3.8) is 0 Å². The molecule has 15 heteroatoms. The van der Waals surface area contributed by atoms with E-state index in [2.05, 4.69) is 5.43 Å². The Bertz CT molecular complexity index is 2140. The van der Waals surface area contributed by atoms with Crippen molar-refractivity contribution < 1.29 is 48.4 Å². The molecular formula is C41H41Cl2N3O10. The third kappa shape index (κ3) is 6.30. The van der Waals surface area contributed by atoms with Gasteiger partial charge in [0.15, 0.2) is 0 Å².